The lowest BCUT2D eigenvalue weighted by Crippen LogP contribution is -2.04. The summed E-state index contributed by atoms with van der Waals surface area (Å²) in [5.74, 6) is -9.26. The molecule has 1 nitrogen and oxygen atoms in total. The van der Waals surface area contributed by atoms with E-state index >= 15 is 0 Å². The Kier molecular flexibility index (Phi) is 5.60. The fourth-order valence-corrected chi connectivity index (χ4v) is 3.47. The summed E-state index contributed by atoms with van der Waals surface area (Å²) < 4.78 is 67.7. The first kappa shape index (κ1) is 19.1. The van der Waals surface area contributed by atoms with Crippen LogP contribution < -0.4 is 0 Å². The number of hydrogen-bond acceptors (Lipinski definition) is 2. The van der Waals surface area contributed by atoms with Gasteiger partial charge < -0.3 is 0 Å². The molecule has 0 amide bonds. The number of para-hydroxylation sites is 1. The first-order chi connectivity index (χ1) is 12.9. The molecule has 7 heteroatoms. The SMILES string of the molecule is C=Nc1ccccc1SCc1ccc(-c2c(F)c(F)c(F)c(F)c2F)cc1. The highest BCUT2D eigenvalue weighted by Crippen LogP contribution is 2.34. The number of thioether (sulfide) groups is 1. The Morgan fingerprint density at radius 3 is 1.89 bits per heavy atom. The molecule has 138 valence electrons. The minimum Gasteiger partial charge on any atom is -0.263 e. The molecule has 0 aliphatic rings. The van der Waals surface area contributed by atoms with E-state index in [1.54, 1.807) is 12.1 Å². The van der Waals surface area contributed by atoms with Crippen LogP contribution in [0.1, 0.15) is 5.56 Å². The molecular formula is C20H12F5NS. The number of aliphatic imine (C=N–C) groups is 1. The highest BCUT2D eigenvalue weighted by Gasteiger charge is 2.26. The van der Waals surface area contributed by atoms with Crippen LogP contribution in [0.15, 0.2) is 58.4 Å². The minimum absolute atomic E-state index is 0.0929. The maximum atomic E-state index is 13.9. The summed E-state index contributed by atoms with van der Waals surface area (Å²) >= 11 is 1.49. The van der Waals surface area contributed by atoms with E-state index in [-0.39, 0.29) is 5.56 Å². The van der Waals surface area contributed by atoms with Crippen molar-refractivity contribution in [2.45, 2.75) is 10.6 Å². The molecule has 0 saturated carbocycles. The topological polar surface area (TPSA) is 12.4 Å². The van der Waals surface area contributed by atoms with Gasteiger partial charge in [0.15, 0.2) is 23.3 Å². The van der Waals surface area contributed by atoms with E-state index in [1.807, 2.05) is 24.3 Å². The summed E-state index contributed by atoms with van der Waals surface area (Å²) in [6.07, 6.45) is 0. The zero-order chi connectivity index (χ0) is 19.6. The third-order valence-corrected chi connectivity index (χ3v) is 5.02. The molecule has 0 aromatic heterocycles. The Balaban J connectivity index is 1.85. The Morgan fingerprint density at radius 1 is 0.741 bits per heavy atom. The number of benzene rings is 3. The minimum atomic E-state index is -2.17. The van der Waals surface area contributed by atoms with Gasteiger partial charge in [-0.1, -0.05) is 36.4 Å². The van der Waals surface area contributed by atoms with E-state index in [0.717, 1.165) is 16.1 Å². The van der Waals surface area contributed by atoms with Crippen LogP contribution in [0, 0.1) is 29.1 Å². The predicted molar refractivity (Wildman–Crippen MR) is 96.9 cm³/mol. The summed E-state index contributed by atoms with van der Waals surface area (Å²) in [5, 5.41) is 0. The van der Waals surface area contributed by atoms with Crippen LogP contribution >= 0.6 is 11.8 Å². The van der Waals surface area contributed by atoms with Gasteiger partial charge in [0, 0.05) is 10.6 Å². The van der Waals surface area contributed by atoms with Crippen LogP contribution in [0.25, 0.3) is 11.1 Å². The lowest BCUT2D eigenvalue weighted by molar-refractivity contribution is 0.381. The lowest BCUT2D eigenvalue weighted by Gasteiger charge is -2.10. The molecule has 0 aliphatic heterocycles. The number of hydrogen-bond donors (Lipinski definition) is 0. The fraction of sp³-hybridized carbons (Fsp3) is 0.0500. The maximum Gasteiger partial charge on any atom is 0.200 e. The van der Waals surface area contributed by atoms with Gasteiger partial charge in [-0.3, -0.25) is 4.99 Å². The molecule has 3 aromatic rings. The average Bonchev–Trinajstić information content (AvgIpc) is 2.70. The normalized spacial score (nSPS) is 10.9. The molecule has 0 fully saturated rings. The Hall–Kier alpha value is -2.67. The van der Waals surface area contributed by atoms with Gasteiger partial charge in [-0.2, -0.15) is 0 Å². The van der Waals surface area contributed by atoms with Crippen molar-refractivity contribution in [3.05, 3.63) is 83.2 Å². The van der Waals surface area contributed by atoms with Crippen LogP contribution in [0.3, 0.4) is 0 Å². The van der Waals surface area contributed by atoms with Gasteiger partial charge in [0.25, 0.3) is 0 Å². The first-order valence-electron chi connectivity index (χ1n) is 7.73. The number of nitrogens with zero attached hydrogens (tertiary/aromatic N) is 1. The molecule has 0 N–H and O–H groups in total. The molecule has 3 aromatic carbocycles. The van der Waals surface area contributed by atoms with Gasteiger partial charge in [0.05, 0.1) is 11.3 Å². The van der Waals surface area contributed by atoms with E-state index in [4.69, 9.17) is 0 Å². The van der Waals surface area contributed by atoms with E-state index in [0.29, 0.717) is 5.75 Å². The molecule has 0 aliphatic carbocycles. The lowest BCUT2D eigenvalue weighted by atomic mass is 10.0. The van der Waals surface area contributed by atoms with Gasteiger partial charge in [0.1, 0.15) is 0 Å². The van der Waals surface area contributed by atoms with Crippen molar-refractivity contribution in [3.63, 3.8) is 0 Å². The van der Waals surface area contributed by atoms with Crippen molar-refractivity contribution in [2.75, 3.05) is 0 Å². The summed E-state index contributed by atoms with van der Waals surface area (Å²) in [7, 11) is 0. The van der Waals surface area contributed by atoms with Crippen molar-refractivity contribution in [3.8, 4) is 11.1 Å². The molecular weight excluding hydrogens is 381 g/mol. The number of halogens is 5. The van der Waals surface area contributed by atoms with E-state index in [9.17, 15) is 22.0 Å². The second-order valence-corrected chi connectivity index (χ2v) is 6.57. The van der Waals surface area contributed by atoms with Crippen LogP contribution in [-0.2, 0) is 5.75 Å². The first-order valence-corrected chi connectivity index (χ1v) is 8.72. The molecule has 0 unspecified atom stereocenters. The van der Waals surface area contributed by atoms with Crippen molar-refractivity contribution in [2.24, 2.45) is 4.99 Å². The van der Waals surface area contributed by atoms with Gasteiger partial charge >= 0.3 is 0 Å². The summed E-state index contributed by atoms with van der Waals surface area (Å²) in [5.41, 5.74) is 0.517. The molecule has 0 radical (unpaired) electrons. The van der Waals surface area contributed by atoms with E-state index in [1.165, 1.54) is 23.9 Å². The fourth-order valence-electron chi connectivity index (χ4n) is 2.50. The maximum absolute atomic E-state index is 13.9. The third kappa shape index (κ3) is 3.73. The molecule has 3 rings (SSSR count). The predicted octanol–water partition coefficient (Wildman–Crippen LogP) is 6.67. The summed E-state index contributed by atoms with van der Waals surface area (Å²) in [4.78, 5) is 4.84. The number of rotatable bonds is 5. The van der Waals surface area contributed by atoms with E-state index in [2.05, 4.69) is 11.7 Å². The van der Waals surface area contributed by atoms with Crippen LogP contribution in [0.2, 0.25) is 0 Å². The summed E-state index contributed by atoms with van der Waals surface area (Å²) in [6.45, 7) is 3.51. The quantitative estimate of drug-likeness (QED) is 0.155. The Bertz CT molecular complexity index is 973. The largest absolute Gasteiger partial charge is 0.263 e. The Morgan fingerprint density at radius 2 is 1.30 bits per heavy atom. The van der Waals surface area contributed by atoms with Gasteiger partial charge in [0.2, 0.25) is 5.82 Å². The molecule has 0 bridgehead atoms. The van der Waals surface area contributed by atoms with E-state index < -0.39 is 34.6 Å². The van der Waals surface area contributed by atoms with Crippen LogP contribution in [0.4, 0.5) is 27.6 Å². The molecule has 0 heterocycles. The van der Waals surface area contributed by atoms with Crippen molar-refractivity contribution < 1.29 is 22.0 Å². The summed E-state index contributed by atoms with van der Waals surface area (Å²) in [6, 6.07) is 13.2. The van der Waals surface area contributed by atoms with Crippen LogP contribution in [-0.4, -0.2) is 6.72 Å². The van der Waals surface area contributed by atoms with Gasteiger partial charge in [-0.15, -0.1) is 11.8 Å². The molecule has 0 atom stereocenters. The van der Waals surface area contributed by atoms with Crippen LogP contribution in [0.5, 0.6) is 0 Å². The third-order valence-electron chi connectivity index (χ3n) is 3.88. The van der Waals surface area contributed by atoms with Crippen molar-refractivity contribution in [1.82, 2.24) is 0 Å². The average molecular weight is 393 g/mol. The zero-order valence-corrected chi connectivity index (χ0v) is 14.6. The highest BCUT2D eigenvalue weighted by atomic mass is 32.2. The molecule has 27 heavy (non-hydrogen) atoms. The monoisotopic (exact) mass is 393 g/mol. The highest BCUT2D eigenvalue weighted by molar-refractivity contribution is 7.98. The molecule has 0 saturated heterocycles. The zero-order valence-electron chi connectivity index (χ0n) is 13.8. The standard InChI is InChI=1S/C20H12F5NS/c1-26-13-4-2-3-5-14(13)27-10-11-6-8-12(9-7-11)15-16(21)18(23)20(25)19(24)17(15)22/h2-9H,1,10H2. The van der Waals surface area contributed by atoms with Crippen molar-refractivity contribution >= 4 is 24.2 Å². The molecule has 0 spiro atoms. The second-order valence-electron chi connectivity index (χ2n) is 5.56. The van der Waals surface area contributed by atoms with Gasteiger partial charge in [-0.05, 0) is 30.0 Å². The Labute approximate surface area is 156 Å². The second kappa shape index (κ2) is 7.92. The van der Waals surface area contributed by atoms with Gasteiger partial charge in [-0.25, -0.2) is 22.0 Å². The smallest absolute Gasteiger partial charge is 0.200 e. The van der Waals surface area contributed by atoms with Crippen molar-refractivity contribution in [1.29, 1.82) is 0 Å².